The van der Waals surface area contributed by atoms with Gasteiger partial charge < -0.3 is 11.1 Å². The van der Waals surface area contributed by atoms with E-state index in [4.69, 9.17) is 5.73 Å². The zero-order chi connectivity index (χ0) is 11.3. The summed E-state index contributed by atoms with van der Waals surface area (Å²) in [5.74, 6) is -0.379. The SMILES string of the molecule is CC/C(Nc1ccccc1)=C(/C)C(N)=O. The molecule has 0 saturated carbocycles. The molecule has 3 N–H and O–H groups in total. The van der Waals surface area contributed by atoms with Crippen molar-refractivity contribution >= 4 is 11.6 Å². The molecule has 3 heteroatoms. The quantitative estimate of drug-likeness (QED) is 0.739. The van der Waals surface area contributed by atoms with Gasteiger partial charge in [-0.3, -0.25) is 4.79 Å². The Bertz CT molecular complexity index is 368. The standard InChI is InChI=1S/C12H16N2O/c1-3-11(9(2)12(13)15)14-10-7-5-4-6-8-10/h4-8,14H,3H2,1-2H3,(H2,13,15)/b11-9+. The molecule has 0 fully saturated rings. The van der Waals surface area contributed by atoms with E-state index in [1.165, 1.54) is 0 Å². The maximum Gasteiger partial charge on any atom is 0.246 e. The van der Waals surface area contributed by atoms with E-state index in [-0.39, 0.29) is 5.91 Å². The summed E-state index contributed by atoms with van der Waals surface area (Å²) in [7, 11) is 0. The van der Waals surface area contributed by atoms with Crippen LogP contribution in [0.2, 0.25) is 0 Å². The number of benzene rings is 1. The van der Waals surface area contributed by atoms with Gasteiger partial charge in [0, 0.05) is 17.0 Å². The molecule has 0 saturated heterocycles. The van der Waals surface area contributed by atoms with Crippen molar-refractivity contribution in [1.82, 2.24) is 0 Å². The number of carbonyl (C=O) groups excluding carboxylic acids is 1. The lowest BCUT2D eigenvalue weighted by molar-refractivity contribution is -0.114. The number of para-hydroxylation sites is 1. The highest BCUT2D eigenvalue weighted by Gasteiger charge is 2.05. The lowest BCUT2D eigenvalue weighted by Gasteiger charge is -2.11. The number of hydrogen-bond acceptors (Lipinski definition) is 2. The van der Waals surface area contributed by atoms with Crippen LogP contribution in [0.1, 0.15) is 20.3 Å². The number of nitrogens with two attached hydrogens (primary N) is 1. The van der Waals surface area contributed by atoms with Gasteiger partial charge in [0.05, 0.1) is 0 Å². The number of carbonyl (C=O) groups is 1. The molecule has 0 heterocycles. The van der Waals surface area contributed by atoms with Crippen molar-refractivity contribution in [3.63, 3.8) is 0 Å². The largest absolute Gasteiger partial charge is 0.366 e. The molecular weight excluding hydrogens is 188 g/mol. The van der Waals surface area contributed by atoms with E-state index in [1.807, 2.05) is 37.3 Å². The summed E-state index contributed by atoms with van der Waals surface area (Å²) in [5.41, 5.74) is 7.65. The maximum absolute atomic E-state index is 11.0. The Balaban J connectivity index is 2.88. The molecule has 0 aromatic heterocycles. The fourth-order valence-corrected chi connectivity index (χ4v) is 1.29. The van der Waals surface area contributed by atoms with E-state index < -0.39 is 0 Å². The van der Waals surface area contributed by atoms with Gasteiger partial charge in [0.25, 0.3) is 0 Å². The molecule has 1 aromatic carbocycles. The van der Waals surface area contributed by atoms with Crippen LogP contribution in [0.25, 0.3) is 0 Å². The van der Waals surface area contributed by atoms with E-state index >= 15 is 0 Å². The van der Waals surface area contributed by atoms with Crippen LogP contribution in [0.3, 0.4) is 0 Å². The van der Waals surface area contributed by atoms with Gasteiger partial charge in [-0.1, -0.05) is 25.1 Å². The molecule has 0 bridgehead atoms. The minimum absolute atomic E-state index is 0.379. The summed E-state index contributed by atoms with van der Waals surface area (Å²) >= 11 is 0. The Labute approximate surface area is 90.0 Å². The third-order valence-electron chi connectivity index (χ3n) is 2.24. The van der Waals surface area contributed by atoms with Crippen LogP contribution in [0.4, 0.5) is 5.69 Å². The van der Waals surface area contributed by atoms with E-state index in [9.17, 15) is 4.79 Å². The van der Waals surface area contributed by atoms with Gasteiger partial charge in [0.2, 0.25) is 5.91 Å². The highest BCUT2D eigenvalue weighted by atomic mass is 16.1. The Morgan fingerprint density at radius 3 is 2.40 bits per heavy atom. The molecule has 80 valence electrons. The number of allylic oxidation sites excluding steroid dienone is 1. The van der Waals surface area contributed by atoms with Gasteiger partial charge in [0.1, 0.15) is 0 Å². The number of hydrogen-bond donors (Lipinski definition) is 2. The van der Waals surface area contributed by atoms with Crippen LogP contribution in [0.5, 0.6) is 0 Å². The molecule has 0 spiro atoms. The van der Waals surface area contributed by atoms with E-state index in [0.717, 1.165) is 17.8 Å². The Morgan fingerprint density at radius 2 is 1.93 bits per heavy atom. The lowest BCUT2D eigenvalue weighted by atomic mass is 10.1. The van der Waals surface area contributed by atoms with Gasteiger partial charge in [-0.05, 0) is 25.5 Å². The molecule has 0 radical (unpaired) electrons. The minimum atomic E-state index is -0.379. The predicted molar refractivity (Wildman–Crippen MR) is 62.3 cm³/mol. The van der Waals surface area contributed by atoms with E-state index in [2.05, 4.69) is 5.32 Å². The summed E-state index contributed by atoms with van der Waals surface area (Å²) in [6.45, 7) is 3.72. The number of amides is 1. The van der Waals surface area contributed by atoms with E-state index in [1.54, 1.807) is 6.92 Å². The van der Waals surface area contributed by atoms with Gasteiger partial charge >= 0.3 is 0 Å². The smallest absolute Gasteiger partial charge is 0.246 e. The van der Waals surface area contributed by atoms with Gasteiger partial charge in [-0.15, -0.1) is 0 Å². The number of rotatable bonds is 4. The highest BCUT2D eigenvalue weighted by molar-refractivity contribution is 5.92. The van der Waals surface area contributed by atoms with Crippen LogP contribution in [-0.2, 0) is 4.79 Å². The molecule has 1 amide bonds. The van der Waals surface area contributed by atoms with Crippen molar-refractivity contribution in [3.05, 3.63) is 41.6 Å². The summed E-state index contributed by atoms with van der Waals surface area (Å²) in [5, 5.41) is 3.19. The molecule has 1 aromatic rings. The molecule has 0 unspecified atom stereocenters. The number of nitrogens with one attached hydrogen (secondary N) is 1. The zero-order valence-electron chi connectivity index (χ0n) is 9.08. The summed E-state index contributed by atoms with van der Waals surface area (Å²) < 4.78 is 0. The molecule has 0 aliphatic heterocycles. The first kappa shape index (κ1) is 11.3. The zero-order valence-corrected chi connectivity index (χ0v) is 9.08. The Morgan fingerprint density at radius 1 is 1.33 bits per heavy atom. The Kier molecular flexibility index (Phi) is 3.92. The minimum Gasteiger partial charge on any atom is -0.366 e. The molecule has 15 heavy (non-hydrogen) atoms. The summed E-state index contributed by atoms with van der Waals surface area (Å²) in [6, 6.07) is 9.72. The maximum atomic E-state index is 11.0. The monoisotopic (exact) mass is 204 g/mol. The Hall–Kier alpha value is -1.77. The van der Waals surface area contributed by atoms with Crippen molar-refractivity contribution in [2.75, 3.05) is 5.32 Å². The fourth-order valence-electron chi connectivity index (χ4n) is 1.29. The van der Waals surface area contributed by atoms with Gasteiger partial charge in [-0.2, -0.15) is 0 Å². The van der Waals surface area contributed by atoms with Crippen molar-refractivity contribution in [3.8, 4) is 0 Å². The van der Waals surface area contributed by atoms with Crippen molar-refractivity contribution in [2.45, 2.75) is 20.3 Å². The third kappa shape index (κ3) is 3.13. The van der Waals surface area contributed by atoms with Crippen LogP contribution in [0, 0.1) is 0 Å². The number of anilines is 1. The second kappa shape index (κ2) is 5.20. The first-order valence-electron chi connectivity index (χ1n) is 4.96. The van der Waals surface area contributed by atoms with Crippen molar-refractivity contribution in [2.24, 2.45) is 5.73 Å². The normalized spacial score (nSPS) is 11.9. The predicted octanol–water partition coefficient (Wildman–Crippen LogP) is 2.27. The van der Waals surface area contributed by atoms with Gasteiger partial charge in [-0.25, -0.2) is 0 Å². The average Bonchev–Trinajstić information content (AvgIpc) is 2.26. The average molecular weight is 204 g/mol. The first-order valence-corrected chi connectivity index (χ1v) is 4.96. The van der Waals surface area contributed by atoms with Crippen molar-refractivity contribution < 1.29 is 4.79 Å². The molecule has 0 atom stereocenters. The van der Waals surface area contributed by atoms with E-state index in [0.29, 0.717) is 5.57 Å². The summed E-state index contributed by atoms with van der Waals surface area (Å²) in [4.78, 5) is 11.0. The highest BCUT2D eigenvalue weighted by Crippen LogP contribution is 2.14. The number of primary amides is 1. The second-order valence-electron chi connectivity index (χ2n) is 3.31. The molecule has 0 aliphatic carbocycles. The molecular formula is C12H16N2O. The van der Waals surface area contributed by atoms with Crippen LogP contribution in [0.15, 0.2) is 41.6 Å². The molecule has 1 rings (SSSR count). The van der Waals surface area contributed by atoms with Crippen LogP contribution >= 0.6 is 0 Å². The first-order chi connectivity index (χ1) is 7.15. The van der Waals surface area contributed by atoms with Crippen molar-refractivity contribution in [1.29, 1.82) is 0 Å². The van der Waals surface area contributed by atoms with Crippen LogP contribution in [-0.4, -0.2) is 5.91 Å². The lowest BCUT2D eigenvalue weighted by Crippen LogP contribution is -2.16. The second-order valence-corrected chi connectivity index (χ2v) is 3.31. The fraction of sp³-hybridized carbons (Fsp3) is 0.250. The topological polar surface area (TPSA) is 55.1 Å². The molecule has 0 aliphatic rings. The molecule has 3 nitrogen and oxygen atoms in total. The van der Waals surface area contributed by atoms with Crippen LogP contribution < -0.4 is 11.1 Å². The third-order valence-corrected chi connectivity index (χ3v) is 2.24. The summed E-state index contributed by atoms with van der Waals surface area (Å²) in [6.07, 6.45) is 0.754. The van der Waals surface area contributed by atoms with Gasteiger partial charge in [0.15, 0.2) is 0 Å².